The molecule has 0 aliphatic rings. The van der Waals surface area contributed by atoms with E-state index in [1.54, 1.807) is 12.1 Å². The fourth-order valence-electron chi connectivity index (χ4n) is 1.09. The van der Waals surface area contributed by atoms with Crippen LogP contribution < -0.4 is 5.73 Å². The molecule has 2 N–H and O–H groups in total. The highest BCUT2D eigenvalue weighted by atomic mass is 35.5. The molecule has 4 heteroatoms. The van der Waals surface area contributed by atoms with Crippen molar-refractivity contribution < 1.29 is 4.79 Å². The lowest BCUT2D eigenvalue weighted by Gasteiger charge is -2.09. The van der Waals surface area contributed by atoms with Crippen molar-refractivity contribution in [2.45, 2.75) is 13.8 Å². The Labute approximate surface area is 93.0 Å². The molecule has 2 nitrogen and oxygen atoms in total. The third-order valence-corrected chi connectivity index (χ3v) is 2.74. The van der Waals surface area contributed by atoms with Crippen molar-refractivity contribution in [3.05, 3.63) is 27.7 Å². The van der Waals surface area contributed by atoms with Crippen molar-refractivity contribution in [3.63, 3.8) is 0 Å². The maximum atomic E-state index is 11.6. The molecule has 0 atom stereocenters. The van der Waals surface area contributed by atoms with Gasteiger partial charge in [-0.3, -0.25) is 4.79 Å². The predicted molar refractivity (Wildman–Crippen MR) is 60.0 cm³/mol. The van der Waals surface area contributed by atoms with Crippen LogP contribution in [0.3, 0.4) is 0 Å². The molecule has 1 aromatic rings. The standard InChI is InChI=1S/C10H11Cl2NO/c1-5(2)10(14)6-3-4-7(11)8(12)9(6)13/h3-5H,13H2,1-2H3. The molecule has 0 aliphatic carbocycles. The van der Waals surface area contributed by atoms with Gasteiger partial charge in [0.15, 0.2) is 5.78 Å². The molecule has 1 rings (SSSR count). The molecule has 0 unspecified atom stereocenters. The van der Waals surface area contributed by atoms with Crippen LogP contribution in [0.2, 0.25) is 10.0 Å². The molecule has 0 radical (unpaired) electrons. The first-order valence-corrected chi connectivity index (χ1v) is 4.98. The van der Waals surface area contributed by atoms with Crippen LogP contribution in [0.1, 0.15) is 24.2 Å². The summed E-state index contributed by atoms with van der Waals surface area (Å²) in [7, 11) is 0. The second kappa shape index (κ2) is 4.20. The average molecular weight is 232 g/mol. The number of rotatable bonds is 2. The Hall–Kier alpha value is -0.730. The van der Waals surface area contributed by atoms with Crippen molar-refractivity contribution >= 4 is 34.7 Å². The Kier molecular flexibility index (Phi) is 3.40. The zero-order chi connectivity index (χ0) is 10.9. The number of halogens is 2. The molecule has 0 aromatic heterocycles. The molecule has 0 amide bonds. The molecule has 0 spiro atoms. The number of carbonyl (C=O) groups is 1. The minimum atomic E-state index is -0.102. The number of anilines is 1. The van der Waals surface area contributed by atoms with E-state index in [4.69, 9.17) is 28.9 Å². The molecule has 0 bridgehead atoms. The fourth-order valence-corrected chi connectivity index (χ4v) is 1.42. The summed E-state index contributed by atoms with van der Waals surface area (Å²) in [5.41, 5.74) is 6.39. The van der Waals surface area contributed by atoms with Crippen LogP contribution in [0.5, 0.6) is 0 Å². The summed E-state index contributed by atoms with van der Waals surface area (Å²) < 4.78 is 0. The predicted octanol–water partition coefficient (Wildman–Crippen LogP) is 3.41. The van der Waals surface area contributed by atoms with Gasteiger partial charge < -0.3 is 5.73 Å². The third-order valence-electron chi connectivity index (χ3n) is 1.92. The molecule has 0 heterocycles. The van der Waals surface area contributed by atoms with Crippen LogP contribution in [-0.2, 0) is 0 Å². The Bertz CT molecular complexity index is 375. The van der Waals surface area contributed by atoms with E-state index < -0.39 is 0 Å². The van der Waals surface area contributed by atoms with Crippen molar-refractivity contribution in [1.82, 2.24) is 0 Å². The number of nitrogens with two attached hydrogens (primary N) is 1. The van der Waals surface area contributed by atoms with E-state index in [0.717, 1.165) is 0 Å². The van der Waals surface area contributed by atoms with Crippen LogP contribution in [0, 0.1) is 5.92 Å². The monoisotopic (exact) mass is 231 g/mol. The van der Waals surface area contributed by atoms with Gasteiger partial charge in [-0.25, -0.2) is 0 Å². The van der Waals surface area contributed by atoms with Crippen molar-refractivity contribution in [1.29, 1.82) is 0 Å². The third kappa shape index (κ3) is 2.02. The van der Waals surface area contributed by atoms with Gasteiger partial charge >= 0.3 is 0 Å². The van der Waals surface area contributed by atoms with Crippen LogP contribution in [0.15, 0.2) is 12.1 Å². The fraction of sp³-hybridized carbons (Fsp3) is 0.300. The van der Waals surface area contributed by atoms with Gasteiger partial charge in [-0.05, 0) is 12.1 Å². The number of nitrogen functional groups attached to an aromatic ring is 1. The first-order chi connectivity index (χ1) is 6.45. The smallest absolute Gasteiger partial charge is 0.167 e. The summed E-state index contributed by atoms with van der Waals surface area (Å²) in [5, 5.41) is 0.614. The summed E-state index contributed by atoms with van der Waals surface area (Å²) in [6, 6.07) is 3.18. The van der Waals surface area contributed by atoms with Gasteiger partial charge in [0.2, 0.25) is 0 Å². The van der Waals surface area contributed by atoms with Gasteiger partial charge in [0.1, 0.15) is 0 Å². The summed E-state index contributed by atoms with van der Waals surface area (Å²) in [5.74, 6) is -0.129. The summed E-state index contributed by atoms with van der Waals surface area (Å²) in [6.45, 7) is 3.62. The largest absolute Gasteiger partial charge is 0.397 e. The lowest BCUT2D eigenvalue weighted by molar-refractivity contribution is 0.0940. The number of hydrogen-bond donors (Lipinski definition) is 1. The van der Waals surface area contributed by atoms with E-state index in [0.29, 0.717) is 10.6 Å². The molecule has 76 valence electrons. The number of benzene rings is 1. The molecule has 0 saturated carbocycles. The SMILES string of the molecule is CC(C)C(=O)c1ccc(Cl)c(Cl)c1N. The van der Waals surface area contributed by atoms with E-state index in [9.17, 15) is 4.79 Å². The zero-order valence-electron chi connectivity index (χ0n) is 7.97. The van der Waals surface area contributed by atoms with E-state index in [2.05, 4.69) is 0 Å². The molecule has 14 heavy (non-hydrogen) atoms. The van der Waals surface area contributed by atoms with Crippen molar-refractivity contribution in [2.24, 2.45) is 5.92 Å². The Balaban J connectivity index is 3.24. The van der Waals surface area contributed by atoms with E-state index in [-0.39, 0.29) is 22.4 Å². The van der Waals surface area contributed by atoms with Gasteiger partial charge in [-0.15, -0.1) is 0 Å². The Morgan fingerprint density at radius 3 is 2.43 bits per heavy atom. The average Bonchev–Trinajstić information content (AvgIpc) is 2.13. The number of Topliss-reactive ketones (excluding diaryl/α,β-unsaturated/α-hetero) is 1. The van der Waals surface area contributed by atoms with Crippen LogP contribution >= 0.6 is 23.2 Å². The Morgan fingerprint density at radius 2 is 1.93 bits per heavy atom. The normalized spacial score (nSPS) is 10.6. The second-order valence-corrected chi connectivity index (χ2v) is 4.13. The van der Waals surface area contributed by atoms with Crippen LogP contribution in [0.25, 0.3) is 0 Å². The molecular formula is C10H11Cl2NO. The number of carbonyl (C=O) groups excluding carboxylic acids is 1. The highest BCUT2D eigenvalue weighted by Gasteiger charge is 2.16. The molecule has 0 saturated heterocycles. The minimum Gasteiger partial charge on any atom is -0.397 e. The topological polar surface area (TPSA) is 43.1 Å². The maximum Gasteiger partial charge on any atom is 0.167 e. The van der Waals surface area contributed by atoms with E-state index in [1.165, 1.54) is 0 Å². The molecular weight excluding hydrogens is 221 g/mol. The van der Waals surface area contributed by atoms with Crippen molar-refractivity contribution in [2.75, 3.05) is 5.73 Å². The maximum absolute atomic E-state index is 11.6. The highest BCUT2D eigenvalue weighted by Crippen LogP contribution is 2.31. The van der Waals surface area contributed by atoms with Crippen molar-refractivity contribution in [3.8, 4) is 0 Å². The summed E-state index contributed by atoms with van der Waals surface area (Å²) in [4.78, 5) is 11.6. The number of ketones is 1. The van der Waals surface area contributed by atoms with Gasteiger partial charge in [-0.1, -0.05) is 37.0 Å². The first-order valence-electron chi connectivity index (χ1n) is 4.22. The van der Waals surface area contributed by atoms with E-state index in [1.807, 2.05) is 13.8 Å². The quantitative estimate of drug-likeness (QED) is 0.627. The molecule has 1 aromatic carbocycles. The lowest BCUT2D eigenvalue weighted by atomic mass is 10.00. The first kappa shape index (κ1) is 11.3. The van der Waals surface area contributed by atoms with Gasteiger partial charge in [0.05, 0.1) is 15.7 Å². The highest BCUT2D eigenvalue weighted by molar-refractivity contribution is 6.44. The zero-order valence-corrected chi connectivity index (χ0v) is 9.49. The van der Waals surface area contributed by atoms with E-state index >= 15 is 0 Å². The number of hydrogen-bond acceptors (Lipinski definition) is 2. The summed E-state index contributed by atoms with van der Waals surface area (Å²) >= 11 is 11.6. The van der Waals surface area contributed by atoms with Gasteiger partial charge in [-0.2, -0.15) is 0 Å². The van der Waals surface area contributed by atoms with Crippen LogP contribution in [0.4, 0.5) is 5.69 Å². The molecule has 0 fully saturated rings. The van der Waals surface area contributed by atoms with Gasteiger partial charge in [0.25, 0.3) is 0 Å². The second-order valence-electron chi connectivity index (χ2n) is 3.34. The Morgan fingerprint density at radius 1 is 1.36 bits per heavy atom. The lowest BCUT2D eigenvalue weighted by Crippen LogP contribution is -2.10. The minimum absolute atomic E-state index is 0.0268. The van der Waals surface area contributed by atoms with Gasteiger partial charge in [0, 0.05) is 11.5 Å². The van der Waals surface area contributed by atoms with Crippen LogP contribution in [-0.4, -0.2) is 5.78 Å². The summed E-state index contributed by atoms with van der Waals surface area (Å²) in [6.07, 6.45) is 0. The molecule has 0 aliphatic heterocycles.